The van der Waals surface area contributed by atoms with Crippen LogP contribution in [0.4, 0.5) is 0 Å². The van der Waals surface area contributed by atoms with Gasteiger partial charge in [0.05, 0.1) is 0 Å². The molecular formula is C16H10O7S. The number of ketones is 2. The van der Waals surface area contributed by atoms with Crippen molar-refractivity contribution in [2.24, 2.45) is 0 Å². The Morgan fingerprint density at radius 3 is 2.04 bits per heavy atom. The molecule has 0 spiro atoms. The largest absolute Gasteiger partial charge is 0.504 e. The summed E-state index contributed by atoms with van der Waals surface area (Å²) in [5, 5.41) is 19.3. The van der Waals surface area contributed by atoms with E-state index in [9.17, 15) is 28.2 Å². The van der Waals surface area contributed by atoms with Gasteiger partial charge >= 0.3 is 10.1 Å². The summed E-state index contributed by atoms with van der Waals surface area (Å²) in [5.41, 5.74) is -0.0503. The van der Waals surface area contributed by atoms with Crippen molar-refractivity contribution >= 4 is 26.6 Å². The molecule has 7 nitrogen and oxygen atoms in total. The zero-order valence-corrected chi connectivity index (χ0v) is 12.8. The number of carbonyl (C=O) groups excluding carboxylic acids is 2. The van der Waals surface area contributed by atoms with E-state index in [1.54, 1.807) is 0 Å². The molecule has 0 heterocycles. The fraction of sp³-hybridized carbons (Fsp3) is 0. The zero-order chi connectivity index (χ0) is 17.5. The smallest absolute Gasteiger partial charge is 0.340 e. The van der Waals surface area contributed by atoms with E-state index in [4.69, 9.17) is 4.18 Å². The highest BCUT2D eigenvalue weighted by Gasteiger charge is 2.34. The van der Waals surface area contributed by atoms with Crippen LogP contribution in [0, 0.1) is 0 Å². The first-order valence-electron chi connectivity index (χ1n) is 6.66. The maximum absolute atomic E-state index is 12.5. The van der Waals surface area contributed by atoms with Crippen LogP contribution in [0.2, 0.25) is 0 Å². The average molecular weight is 346 g/mol. The Balaban J connectivity index is 2.12. The number of phenolic OH excluding ortho intramolecular Hbond substituents is 2. The maximum Gasteiger partial charge on any atom is 0.340 e. The predicted molar refractivity (Wildman–Crippen MR) is 83.1 cm³/mol. The lowest BCUT2D eigenvalue weighted by atomic mass is 9.95. The first-order chi connectivity index (χ1) is 11.3. The molecule has 0 aromatic heterocycles. The Kier molecular flexibility index (Phi) is 3.61. The lowest BCUT2D eigenvalue weighted by Crippen LogP contribution is -2.23. The monoisotopic (exact) mass is 346 g/mol. The highest BCUT2D eigenvalue weighted by Crippen LogP contribution is 2.39. The minimum Gasteiger partial charge on any atom is -0.504 e. The van der Waals surface area contributed by atoms with Gasteiger partial charge in [-0.3, -0.25) is 9.59 Å². The molecule has 0 fully saturated rings. The number of hydrogen-bond donors (Lipinski definition) is 2. The Morgan fingerprint density at radius 1 is 0.833 bits per heavy atom. The third-order valence-corrected chi connectivity index (χ3v) is 4.62. The van der Waals surface area contributed by atoms with Crippen LogP contribution in [0.25, 0.3) is 4.91 Å². The summed E-state index contributed by atoms with van der Waals surface area (Å²) in [6, 6.07) is 9.23. The van der Waals surface area contributed by atoms with E-state index in [2.05, 4.69) is 0 Å². The van der Waals surface area contributed by atoms with Gasteiger partial charge in [-0.05, 0) is 12.1 Å². The van der Waals surface area contributed by atoms with Crippen LogP contribution >= 0.6 is 0 Å². The molecule has 1 aliphatic carbocycles. The van der Waals surface area contributed by atoms with Crippen molar-refractivity contribution in [3.8, 4) is 17.2 Å². The van der Waals surface area contributed by atoms with Crippen LogP contribution in [0.1, 0.15) is 15.9 Å². The Labute approximate surface area is 136 Å². The van der Waals surface area contributed by atoms with E-state index < -0.39 is 43.8 Å². The molecule has 24 heavy (non-hydrogen) atoms. The normalized spacial score (nSPS) is 14.1. The number of hydrogen-bond acceptors (Lipinski definition) is 7. The van der Waals surface area contributed by atoms with Crippen molar-refractivity contribution in [3.63, 3.8) is 0 Å². The van der Waals surface area contributed by atoms with E-state index in [1.807, 2.05) is 0 Å². The summed E-state index contributed by atoms with van der Waals surface area (Å²) >= 11 is 0. The van der Waals surface area contributed by atoms with Crippen LogP contribution in [-0.4, -0.2) is 30.2 Å². The van der Waals surface area contributed by atoms with Crippen LogP contribution in [0.5, 0.6) is 17.2 Å². The van der Waals surface area contributed by atoms with Gasteiger partial charge in [-0.15, -0.1) is 0 Å². The number of para-hydroxylation sites is 1. The van der Waals surface area contributed by atoms with Crippen molar-refractivity contribution in [3.05, 3.63) is 59.7 Å². The average Bonchev–Trinajstić information content (AvgIpc) is 2.54. The highest BCUT2D eigenvalue weighted by atomic mass is 32.2. The molecule has 0 saturated heterocycles. The summed E-state index contributed by atoms with van der Waals surface area (Å²) in [6.45, 7) is 0. The molecule has 0 unspecified atom stereocenters. The molecule has 0 atom stereocenters. The van der Waals surface area contributed by atoms with Crippen molar-refractivity contribution in [1.82, 2.24) is 0 Å². The van der Waals surface area contributed by atoms with Gasteiger partial charge in [0.2, 0.25) is 17.3 Å². The fourth-order valence-corrected chi connectivity index (χ4v) is 3.43. The minimum atomic E-state index is -4.58. The number of aromatic hydroxyl groups is 2. The van der Waals surface area contributed by atoms with Gasteiger partial charge in [0.25, 0.3) is 0 Å². The van der Waals surface area contributed by atoms with Gasteiger partial charge in [-0.2, -0.15) is 8.42 Å². The molecule has 2 N–H and O–H groups in total. The molecule has 8 heteroatoms. The predicted octanol–water partition coefficient (Wildman–Crippen LogP) is 1.61. The second kappa shape index (κ2) is 5.50. The summed E-state index contributed by atoms with van der Waals surface area (Å²) in [7, 11) is -4.58. The van der Waals surface area contributed by atoms with Crippen LogP contribution in [0.3, 0.4) is 0 Å². The summed E-state index contributed by atoms with van der Waals surface area (Å²) < 4.78 is 29.8. The minimum absolute atomic E-state index is 0.0111. The number of carbonyl (C=O) groups is 2. The van der Waals surface area contributed by atoms with Gasteiger partial charge in [0.15, 0.2) is 11.5 Å². The van der Waals surface area contributed by atoms with Crippen LogP contribution in [0.15, 0.2) is 48.5 Å². The first kappa shape index (κ1) is 15.8. The first-order valence-corrected chi connectivity index (χ1v) is 8.07. The molecule has 0 aliphatic heterocycles. The number of rotatable bonds is 3. The molecule has 2 aromatic rings. The number of benzene rings is 2. The van der Waals surface area contributed by atoms with Crippen molar-refractivity contribution in [2.75, 3.05) is 0 Å². The van der Waals surface area contributed by atoms with Crippen LogP contribution in [-0.2, 0) is 14.9 Å². The summed E-state index contributed by atoms with van der Waals surface area (Å²) in [6.07, 6.45) is 0.664. The number of fused-ring (bicyclic) bond motifs is 1. The Morgan fingerprint density at radius 2 is 1.42 bits per heavy atom. The second-order valence-corrected chi connectivity index (χ2v) is 6.43. The Bertz CT molecular complexity index is 983. The summed E-state index contributed by atoms with van der Waals surface area (Å²) in [5.74, 6) is -3.68. The van der Waals surface area contributed by atoms with Gasteiger partial charge in [-0.25, -0.2) is 0 Å². The SMILES string of the molecule is O=C1C=C(S(=O)(=O)Oc2c(O)cccc2O)c2ccccc2C1=O. The number of allylic oxidation sites excluding steroid dienone is 1. The molecule has 0 bridgehead atoms. The second-order valence-electron chi connectivity index (χ2n) is 4.91. The standard InChI is InChI=1S/C16H10O7S/c17-11-6-3-7-12(18)16(11)23-24(21,22)14-8-13(19)15(20)10-5-2-1-4-9(10)14/h1-8,17-18H. The van der Waals surface area contributed by atoms with Crippen molar-refractivity contribution in [1.29, 1.82) is 0 Å². The number of phenols is 2. The van der Waals surface area contributed by atoms with E-state index in [0.29, 0.717) is 6.08 Å². The molecular weight excluding hydrogens is 336 g/mol. The Hall–Kier alpha value is -3.13. The molecule has 122 valence electrons. The lowest BCUT2D eigenvalue weighted by molar-refractivity contribution is -0.110. The molecule has 0 amide bonds. The molecule has 0 saturated carbocycles. The lowest BCUT2D eigenvalue weighted by Gasteiger charge is -2.17. The van der Waals surface area contributed by atoms with Crippen LogP contribution < -0.4 is 4.18 Å². The van der Waals surface area contributed by atoms with Crippen molar-refractivity contribution in [2.45, 2.75) is 0 Å². The third kappa shape index (κ3) is 2.52. The van der Waals surface area contributed by atoms with E-state index >= 15 is 0 Å². The highest BCUT2D eigenvalue weighted by molar-refractivity contribution is 7.96. The molecule has 3 rings (SSSR count). The van der Waals surface area contributed by atoms with E-state index in [0.717, 1.165) is 12.1 Å². The van der Waals surface area contributed by atoms with Gasteiger partial charge in [-0.1, -0.05) is 30.3 Å². The molecule has 2 aromatic carbocycles. The van der Waals surface area contributed by atoms with Gasteiger partial charge in [0.1, 0.15) is 4.91 Å². The zero-order valence-electron chi connectivity index (χ0n) is 12.0. The molecule has 0 radical (unpaired) electrons. The molecule has 1 aliphatic rings. The fourth-order valence-electron chi connectivity index (χ4n) is 2.25. The summed E-state index contributed by atoms with van der Waals surface area (Å²) in [4.78, 5) is 23.1. The topological polar surface area (TPSA) is 118 Å². The third-order valence-electron chi connectivity index (χ3n) is 3.36. The quantitative estimate of drug-likeness (QED) is 0.640. The van der Waals surface area contributed by atoms with Gasteiger partial charge < -0.3 is 14.4 Å². The van der Waals surface area contributed by atoms with E-state index in [-0.39, 0.29) is 11.1 Å². The van der Waals surface area contributed by atoms with E-state index in [1.165, 1.54) is 30.3 Å². The van der Waals surface area contributed by atoms with Crippen molar-refractivity contribution < 1.29 is 32.4 Å². The number of Topliss-reactive ketones (excluding diaryl/α,β-unsaturated/α-hetero) is 1. The maximum atomic E-state index is 12.5. The van der Waals surface area contributed by atoms with Gasteiger partial charge in [0, 0.05) is 17.2 Å².